The highest BCUT2D eigenvalue weighted by atomic mass is 79.9. The molecular formula is C14H21BrFN. The molecule has 1 rings (SSSR count). The number of hydrogen-bond donors (Lipinski definition) is 1. The van der Waals surface area contributed by atoms with Crippen LogP contribution in [0.15, 0.2) is 22.7 Å². The van der Waals surface area contributed by atoms with Crippen molar-refractivity contribution in [3.05, 3.63) is 34.1 Å². The molecule has 17 heavy (non-hydrogen) atoms. The van der Waals surface area contributed by atoms with Crippen LogP contribution in [0.4, 0.5) is 4.39 Å². The molecule has 0 saturated carbocycles. The molecule has 1 unspecified atom stereocenters. The molecule has 0 amide bonds. The van der Waals surface area contributed by atoms with Gasteiger partial charge in [0, 0.05) is 4.47 Å². The van der Waals surface area contributed by atoms with Crippen LogP contribution in [0.5, 0.6) is 0 Å². The highest BCUT2D eigenvalue weighted by Gasteiger charge is 2.11. The Morgan fingerprint density at radius 3 is 2.65 bits per heavy atom. The molecule has 1 N–H and O–H groups in total. The van der Waals surface area contributed by atoms with E-state index in [1.807, 2.05) is 6.07 Å². The lowest BCUT2D eigenvalue weighted by Crippen LogP contribution is -2.22. The van der Waals surface area contributed by atoms with E-state index in [0.717, 1.165) is 29.5 Å². The summed E-state index contributed by atoms with van der Waals surface area (Å²) in [7, 11) is 0. The Bertz CT molecular complexity index is 352. The second-order valence-electron chi connectivity index (χ2n) is 4.95. The molecule has 0 saturated heterocycles. The van der Waals surface area contributed by atoms with Crippen molar-refractivity contribution in [3.8, 4) is 0 Å². The predicted octanol–water partition coefficient (Wildman–Crippen LogP) is 4.33. The maximum atomic E-state index is 13.6. The van der Waals surface area contributed by atoms with E-state index in [-0.39, 0.29) is 11.7 Å². The van der Waals surface area contributed by atoms with Crippen molar-refractivity contribution >= 4 is 15.9 Å². The lowest BCUT2D eigenvalue weighted by atomic mass is 9.97. The molecule has 1 nitrogen and oxygen atoms in total. The molecule has 0 heterocycles. The van der Waals surface area contributed by atoms with E-state index >= 15 is 0 Å². The molecule has 0 bridgehead atoms. The van der Waals surface area contributed by atoms with Crippen LogP contribution in [0.25, 0.3) is 0 Å². The summed E-state index contributed by atoms with van der Waals surface area (Å²) in [5.74, 6) is 0.796. The summed E-state index contributed by atoms with van der Waals surface area (Å²) in [5.41, 5.74) is 0.797. The maximum absolute atomic E-state index is 13.6. The van der Waals surface area contributed by atoms with Crippen LogP contribution in [0.2, 0.25) is 0 Å². The molecule has 0 radical (unpaired) electrons. The second-order valence-corrected chi connectivity index (χ2v) is 5.87. The smallest absolute Gasteiger partial charge is 0.126 e. The fraction of sp³-hybridized carbons (Fsp3) is 0.571. The number of benzene rings is 1. The zero-order chi connectivity index (χ0) is 12.8. The predicted molar refractivity (Wildman–Crippen MR) is 74.8 cm³/mol. The topological polar surface area (TPSA) is 12.0 Å². The van der Waals surface area contributed by atoms with Crippen molar-refractivity contribution in [1.29, 1.82) is 0 Å². The molecule has 0 fully saturated rings. The third-order valence-corrected chi connectivity index (χ3v) is 3.29. The Kier molecular flexibility index (Phi) is 6.14. The van der Waals surface area contributed by atoms with E-state index in [4.69, 9.17) is 0 Å². The van der Waals surface area contributed by atoms with E-state index < -0.39 is 0 Å². The summed E-state index contributed by atoms with van der Waals surface area (Å²) in [6.45, 7) is 8.40. The van der Waals surface area contributed by atoms with Crippen LogP contribution in [-0.4, -0.2) is 13.1 Å². The van der Waals surface area contributed by atoms with Crippen LogP contribution in [0.1, 0.15) is 38.7 Å². The van der Waals surface area contributed by atoms with Gasteiger partial charge in [-0.2, -0.15) is 0 Å². The van der Waals surface area contributed by atoms with Crippen molar-refractivity contribution in [2.75, 3.05) is 13.1 Å². The standard InChI is InChI=1S/C14H21BrFN/c1-10(2)9-17-7-6-11(3)13-8-12(15)4-5-14(13)16/h4-5,8,10-11,17H,6-7,9H2,1-3H3. The van der Waals surface area contributed by atoms with Gasteiger partial charge in [-0.25, -0.2) is 4.39 Å². The number of halogens is 2. The number of rotatable bonds is 6. The summed E-state index contributed by atoms with van der Waals surface area (Å²) in [6, 6.07) is 5.14. The lowest BCUT2D eigenvalue weighted by molar-refractivity contribution is 0.514. The Morgan fingerprint density at radius 1 is 1.29 bits per heavy atom. The quantitative estimate of drug-likeness (QED) is 0.771. The summed E-state index contributed by atoms with van der Waals surface area (Å²) >= 11 is 3.38. The molecule has 1 atom stereocenters. The lowest BCUT2D eigenvalue weighted by Gasteiger charge is -2.14. The van der Waals surface area contributed by atoms with Gasteiger partial charge in [0.05, 0.1) is 0 Å². The summed E-state index contributed by atoms with van der Waals surface area (Å²) in [5, 5.41) is 3.39. The van der Waals surface area contributed by atoms with Crippen molar-refractivity contribution in [3.63, 3.8) is 0 Å². The largest absolute Gasteiger partial charge is 0.316 e. The van der Waals surface area contributed by atoms with E-state index in [1.54, 1.807) is 6.07 Å². The van der Waals surface area contributed by atoms with Crippen LogP contribution in [-0.2, 0) is 0 Å². The molecule has 1 aromatic rings. The van der Waals surface area contributed by atoms with E-state index in [2.05, 4.69) is 42.0 Å². The van der Waals surface area contributed by atoms with Gasteiger partial charge in [-0.05, 0) is 55.1 Å². The van der Waals surface area contributed by atoms with Gasteiger partial charge in [0.25, 0.3) is 0 Å². The molecule has 1 aromatic carbocycles. The zero-order valence-corrected chi connectivity index (χ0v) is 12.3. The van der Waals surface area contributed by atoms with Gasteiger partial charge in [0.15, 0.2) is 0 Å². The molecule has 0 aliphatic rings. The van der Waals surface area contributed by atoms with Gasteiger partial charge in [-0.3, -0.25) is 0 Å². The molecule has 96 valence electrons. The first-order chi connectivity index (χ1) is 8.00. The Hall–Kier alpha value is -0.410. The van der Waals surface area contributed by atoms with Crippen molar-refractivity contribution in [2.24, 2.45) is 5.92 Å². The van der Waals surface area contributed by atoms with E-state index in [1.165, 1.54) is 6.07 Å². The average Bonchev–Trinajstić information content (AvgIpc) is 2.27. The van der Waals surface area contributed by atoms with Gasteiger partial charge >= 0.3 is 0 Å². The normalized spacial score (nSPS) is 13.1. The fourth-order valence-electron chi connectivity index (χ4n) is 1.76. The molecule has 0 spiro atoms. The SMILES string of the molecule is CC(C)CNCCC(C)c1cc(Br)ccc1F. The first-order valence-corrected chi connectivity index (χ1v) is 6.95. The van der Waals surface area contributed by atoms with Gasteiger partial charge < -0.3 is 5.32 Å². The molecule has 3 heteroatoms. The Balaban J connectivity index is 2.46. The minimum Gasteiger partial charge on any atom is -0.316 e. The van der Waals surface area contributed by atoms with Crippen LogP contribution in [0, 0.1) is 11.7 Å². The fourth-order valence-corrected chi connectivity index (χ4v) is 2.14. The summed E-state index contributed by atoms with van der Waals surface area (Å²) in [6.07, 6.45) is 0.958. The third-order valence-electron chi connectivity index (χ3n) is 2.80. The molecular weight excluding hydrogens is 281 g/mol. The third kappa shape index (κ3) is 5.17. The number of hydrogen-bond acceptors (Lipinski definition) is 1. The first-order valence-electron chi connectivity index (χ1n) is 6.16. The van der Waals surface area contributed by atoms with Crippen LogP contribution in [0.3, 0.4) is 0 Å². The van der Waals surface area contributed by atoms with Crippen molar-refractivity contribution in [1.82, 2.24) is 5.32 Å². The summed E-state index contributed by atoms with van der Waals surface area (Å²) in [4.78, 5) is 0. The Morgan fingerprint density at radius 2 is 2.00 bits per heavy atom. The monoisotopic (exact) mass is 301 g/mol. The van der Waals surface area contributed by atoms with Crippen LogP contribution < -0.4 is 5.32 Å². The van der Waals surface area contributed by atoms with Gasteiger partial charge in [0.1, 0.15) is 5.82 Å². The van der Waals surface area contributed by atoms with Gasteiger partial charge in [-0.15, -0.1) is 0 Å². The van der Waals surface area contributed by atoms with E-state index in [9.17, 15) is 4.39 Å². The second kappa shape index (κ2) is 7.12. The average molecular weight is 302 g/mol. The molecule has 0 aromatic heterocycles. The van der Waals surface area contributed by atoms with Gasteiger partial charge in [0.2, 0.25) is 0 Å². The van der Waals surface area contributed by atoms with Crippen LogP contribution >= 0.6 is 15.9 Å². The maximum Gasteiger partial charge on any atom is 0.126 e. The highest BCUT2D eigenvalue weighted by Crippen LogP contribution is 2.25. The number of nitrogens with one attached hydrogen (secondary N) is 1. The zero-order valence-electron chi connectivity index (χ0n) is 10.8. The minimum atomic E-state index is -0.107. The van der Waals surface area contributed by atoms with E-state index in [0.29, 0.717) is 5.92 Å². The van der Waals surface area contributed by atoms with Gasteiger partial charge in [-0.1, -0.05) is 36.7 Å². The molecule has 0 aliphatic heterocycles. The molecule has 0 aliphatic carbocycles. The first kappa shape index (κ1) is 14.7. The van der Waals surface area contributed by atoms with Crippen molar-refractivity contribution in [2.45, 2.75) is 33.1 Å². The minimum absolute atomic E-state index is 0.107. The summed E-state index contributed by atoms with van der Waals surface area (Å²) < 4.78 is 14.6. The van der Waals surface area contributed by atoms with Crippen molar-refractivity contribution < 1.29 is 4.39 Å². The Labute approximate surface area is 112 Å². The highest BCUT2D eigenvalue weighted by molar-refractivity contribution is 9.10.